The van der Waals surface area contributed by atoms with E-state index in [-0.39, 0.29) is 24.2 Å². The number of nitrogens with zero attached hydrogens (tertiary/aromatic N) is 1. The van der Waals surface area contributed by atoms with Crippen molar-refractivity contribution in [1.82, 2.24) is 10.4 Å². The van der Waals surface area contributed by atoms with E-state index in [9.17, 15) is 19.5 Å². The molecular formula is C19H22N2O5. The topological polar surface area (TPSA) is 95.9 Å². The molecule has 0 radical (unpaired) electrons. The Bertz CT molecular complexity index is 803. The fraction of sp³-hybridized carbons (Fsp3) is 0.421. The second kappa shape index (κ2) is 6.25. The van der Waals surface area contributed by atoms with Gasteiger partial charge in [0.25, 0.3) is 5.91 Å². The zero-order valence-corrected chi connectivity index (χ0v) is 15.0. The molecule has 1 aromatic carbocycles. The van der Waals surface area contributed by atoms with E-state index in [0.717, 1.165) is 0 Å². The van der Waals surface area contributed by atoms with Gasteiger partial charge >= 0.3 is 5.97 Å². The highest BCUT2D eigenvalue weighted by Crippen LogP contribution is 2.55. The zero-order chi connectivity index (χ0) is 19.1. The van der Waals surface area contributed by atoms with Crippen LogP contribution in [0.5, 0.6) is 0 Å². The Kier molecular flexibility index (Phi) is 4.36. The standard InChI is InChI=1S/C19H22N2O5/c1-12-15(17(24)26-3)18(2)14(22)10-7-11-19(18,25)21(12)20-16(23)13-8-5-4-6-9-13/h4-6,8-9,25H,7,10-11H2,1-3H3,(H,20,23). The molecule has 1 aliphatic heterocycles. The van der Waals surface area contributed by atoms with Crippen molar-refractivity contribution in [3.63, 3.8) is 0 Å². The third kappa shape index (κ3) is 2.34. The molecule has 0 aromatic heterocycles. The van der Waals surface area contributed by atoms with Crippen molar-refractivity contribution in [3.8, 4) is 0 Å². The maximum atomic E-state index is 12.7. The van der Waals surface area contributed by atoms with E-state index in [1.54, 1.807) is 44.2 Å². The van der Waals surface area contributed by atoms with Crippen LogP contribution in [0.3, 0.4) is 0 Å². The van der Waals surface area contributed by atoms with Crippen LogP contribution in [-0.2, 0) is 14.3 Å². The van der Waals surface area contributed by atoms with Crippen molar-refractivity contribution in [2.45, 2.75) is 38.8 Å². The molecule has 2 unspecified atom stereocenters. The number of esters is 1. The number of nitrogens with one attached hydrogen (secondary N) is 1. The fourth-order valence-corrected chi connectivity index (χ4v) is 4.03. The molecule has 1 aromatic rings. The molecule has 0 spiro atoms. The average Bonchev–Trinajstić information content (AvgIpc) is 2.81. The Morgan fingerprint density at radius 2 is 1.92 bits per heavy atom. The van der Waals surface area contributed by atoms with Gasteiger partial charge in [0, 0.05) is 17.7 Å². The van der Waals surface area contributed by atoms with Crippen molar-refractivity contribution < 1.29 is 24.2 Å². The number of benzene rings is 1. The first-order chi connectivity index (χ1) is 12.3. The Morgan fingerprint density at radius 3 is 2.54 bits per heavy atom. The summed E-state index contributed by atoms with van der Waals surface area (Å²) in [6.07, 6.45) is 0.958. The van der Waals surface area contributed by atoms with Crippen LogP contribution < -0.4 is 5.43 Å². The second-order valence-corrected chi connectivity index (χ2v) is 6.81. The van der Waals surface area contributed by atoms with Crippen molar-refractivity contribution in [2.75, 3.05) is 7.11 Å². The van der Waals surface area contributed by atoms with Gasteiger partial charge in [0.05, 0.1) is 12.7 Å². The number of carbonyl (C=O) groups is 3. The molecule has 1 heterocycles. The summed E-state index contributed by atoms with van der Waals surface area (Å²) in [7, 11) is 1.23. The Hall–Kier alpha value is -2.67. The number of aliphatic hydroxyl groups is 1. The van der Waals surface area contributed by atoms with E-state index in [1.165, 1.54) is 12.1 Å². The molecule has 1 fully saturated rings. The van der Waals surface area contributed by atoms with Gasteiger partial charge in [-0.15, -0.1) is 0 Å². The van der Waals surface area contributed by atoms with Crippen molar-refractivity contribution in [2.24, 2.45) is 5.41 Å². The molecule has 7 heteroatoms. The highest BCUT2D eigenvalue weighted by Gasteiger charge is 2.66. The third-order valence-corrected chi connectivity index (χ3v) is 5.49. The van der Waals surface area contributed by atoms with E-state index in [1.807, 2.05) is 0 Å². The monoisotopic (exact) mass is 358 g/mol. The quantitative estimate of drug-likeness (QED) is 0.796. The number of hydrogen-bond donors (Lipinski definition) is 2. The number of methoxy groups -OCH3 is 1. The first-order valence-corrected chi connectivity index (χ1v) is 8.49. The number of carbonyl (C=O) groups excluding carboxylic acids is 3. The first kappa shape index (κ1) is 18.1. The minimum atomic E-state index is -1.72. The smallest absolute Gasteiger partial charge is 0.336 e. The summed E-state index contributed by atoms with van der Waals surface area (Å²) in [5.74, 6) is -1.37. The van der Waals surface area contributed by atoms with E-state index < -0.39 is 23.0 Å². The number of fused-ring (bicyclic) bond motifs is 1. The lowest BCUT2D eigenvalue weighted by atomic mass is 9.65. The molecule has 2 atom stereocenters. The molecule has 2 N–H and O–H groups in total. The van der Waals surface area contributed by atoms with Gasteiger partial charge in [-0.05, 0) is 38.8 Å². The molecule has 1 aliphatic carbocycles. The number of ether oxygens (including phenoxy) is 1. The number of hydrogen-bond acceptors (Lipinski definition) is 6. The van der Waals surface area contributed by atoms with Gasteiger partial charge in [-0.3, -0.25) is 20.0 Å². The lowest BCUT2D eigenvalue weighted by molar-refractivity contribution is -0.186. The number of ketones is 1. The maximum Gasteiger partial charge on any atom is 0.336 e. The van der Waals surface area contributed by atoms with Gasteiger partial charge in [0.15, 0.2) is 5.72 Å². The van der Waals surface area contributed by atoms with Crippen LogP contribution in [0.4, 0.5) is 0 Å². The highest BCUT2D eigenvalue weighted by molar-refractivity contribution is 6.03. The van der Waals surface area contributed by atoms with Crippen LogP contribution in [-0.4, -0.2) is 40.6 Å². The molecular weight excluding hydrogens is 336 g/mol. The lowest BCUT2D eigenvalue weighted by Crippen LogP contribution is -2.64. The molecule has 3 rings (SSSR count). The average molecular weight is 358 g/mol. The predicted molar refractivity (Wildman–Crippen MR) is 92.4 cm³/mol. The normalized spacial score (nSPS) is 28.0. The Balaban J connectivity index is 2.06. The lowest BCUT2D eigenvalue weighted by Gasteiger charge is -2.47. The molecule has 1 saturated carbocycles. The van der Waals surface area contributed by atoms with Crippen LogP contribution in [0.25, 0.3) is 0 Å². The number of hydrazine groups is 1. The van der Waals surface area contributed by atoms with Gasteiger partial charge < -0.3 is 9.84 Å². The summed E-state index contributed by atoms with van der Waals surface area (Å²) in [6.45, 7) is 3.13. The molecule has 7 nitrogen and oxygen atoms in total. The van der Waals surface area contributed by atoms with Gasteiger partial charge in [0.1, 0.15) is 11.2 Å². The first-order valence-electron chi connectivity index (χ1n) is 8.49. The largest absolute Gasteiger partial charge is 0.466 e. The Morgan fingerprint density at radius 1 is 1.27 bits per heavy atom. The fourth-order valence-electron chi connectivity index (χ4n) is 4.03. The van der Waals surface area contributed by atoms with Crippen molar-refractivity contribution >= 4 is 17.7 Å². The summed E-state index contributed by atoms with van der Waals surface area (Å²) in [5.41, 5.74) is 0.271. The van der Waals surface area contributed by atoms with Gasteiger partial charge in [0.2, 0.25) is 0 Å². The molecule has 0 saturated heterocycles. The number of amides is 1. The van der Waals surface area contributed by atoms with Crippen molar-refractivity contribution in [1.29, 1.82) is 0 Å². The minimum absolute atomic E-state index is 0.0839. The SMILES string of the molecule is COC(=O)C1=C(C)N(NC(=O)c2ccccc2)C2(O)CCCC(=O)C12C. The molecule has 138 valence electrons. The van der Waals surface area contributed by atoms with Crippen LogP contribution >= 0.6 is 0 Å². The molecule has 0 bridgehead atoms. The number of rotatable bonds is 3. The van der Waals surface area contributed by atoms with E-state index in [2.05, 4.69) is 5.43 Å². The zero-order valence-electron chi connectivity index (χ0n) is 15.0. The van der Waals surface area contributed by atoms with Gasteiger partial charge in [-0.1, -0.05) is 18.2 Å². The number of allylic oxidation sites excluding steroid dienone is 1. The summed E-state index contributed by atoms with van der Waals surface area (Å²) >= 11 is 0. The third-order valence-electron chi connectivity index (χ3n) is 5.49. The summed E-state index contributed by atoms with van der Waals surface area (Å²) in [5, 5.41) is 12.7. The molecule has 2 aliphatic rings. The Labute approximate surface area is 151 Å². The number of Topliss-reactive ketones (excluding diaryl/α,β-unsaturated/α-hetero) is 1. The summed E-state index contributed by atoms with van der Waals surface area (Å²) < 4.78 is 4.85. The van der Waals surface area contributed by atoms with Crippen LogP contribution in [0.1, 0.15) is 43.5 Å². The molecule has 1 amide bonds. The van der Waals surface area contributed by atoms with Crippen LogP contribution in [0.15, 0.2) is 41.6 Å². The predicted octanol–water partition coefficient (Wildman–Crippen LogP) is 1.54. The summed E-state index contributed by atoms with van der Waals surface area (Å²) in [4.78, 5) is 37.7. The minimum Gasteiger partial charge on any atom is -0.466 e. The maximum absolute atomic E-state index is 12.7. The highest BCUT2D eigenvalue weighted by atomic mass is 16.5. The van der Waals surface area contributed by atoms with Gasteiger partial charge in [-0.25, -0.2) is 4.79 Å². The van der Waals surface area contributed by atoms with E-state index in [4.69, 9.17) is 4.74 Å². The molecule has 26 heavy (non-hydrogen) atoms. The second-order valence-electron chi connectivity index (χ2n) is 6.81. The van der Waals surface area contributed by atoms with Crippen molar-refractivity contribution in [3.05, 3.63) is 47.2 Å². The summed E-state index contributed by atoms with van der Waals surface area (Å²) in [6, 6.07) is 8.52. The van der Waals surface area contributed by atoms with Gasteiger partial charge in [-0.2, -0.15) is 0 Å². The van der Waals surface area contributed by atoms with E-state index >= 15 is 0 Å². The van der Waals surface area contributed by atoms with Crippen LogP contribution in [0, 0.1) is 5.41 Å². The van der Waals surface area contributed by atoms with E-state index in [0.29, 0.717) is 17.7 Å². The van der Waals surface area contributed by atoms with Crippen LogP contribution in [0.2, 0.25) is 0 Å².